The molecule has 0 spiro atoms. The number of hydrogen-bond acceptors (Lipinski definition) is 2. The van der Waals surface area contributed by atoms with Gasteiger partial charge in [-0.1, -0.05) is 36.4 Å². The number of nitrogens with two attached hydrogens (primary N) is 1. The maximum Gasteiger partial charge on any atom is 0.224 e. The van der Waals surface area contributed by atoms with Crippen LogP contribution in [0.5, 0.6) is 0 Å². The number of hydrogen-bond donors (Lipinski definition) is 2. The molecule has 0 heterocycles. The molecular formula is C18H22N2O. The van der Waals surface area contributed by atoms with Gasteiger partial charge >= 0.3 is 0 Å². The third kappa shape index (κ3) is 4.43. The second-order valence-corrected chi connectivity index (χ2v) is 5.39. The lowest BCUT2D eigenvalue weighted by atomic mass is 10.0. The lowest BCUT2D eigenvalue weighted by Gasteiger charge is -2.10. The van der Waals surface area contributed by atoms with Crippen LogP contribution < -0.4 is 11.1 Å². The van der Waals surface area contributed by atoms with Crippen molar-refractivity contribution in [2.45, 2.75) is 32.7 Å². The Morgan fingerprint density at radius 2 is 1.95 bits per heavy atom. The van der Waals surface area contributed by atoms with Crippen molar-refractivity contribution in [2.75, 3.05) is 5.32 Å². The zero-order valence-corrected chi connectivity index (χ0v) is 12.6. The van der Waals surface area contributed by atoms with Crippen LogP contribution in [-0.2, 0) is 11.2 Å². The van der Waals surface area contributed by atoms with Crippen LogP contribution in [0.4, 0.5) is 5.69 Å². The molecule has 2 aromatic rings. The van der Waals surface area contributed by atoms with E-state index in [-0.39, 0.29) is 11.9 Å². The minimum Gasteiger partial charge on any atom is -0.326 e. The van der Waals surface area contributed by atoms with Gasteiger partial charge in [0.25, 0.3) is 0 Å². The van der Waals surface area contributed by atoms with Gasteiger partial charge in [0.05, 0.1) is 0 Å². The third-order valence-corrected chi connectivity index (χ3v) is 3.58. The summed E-state index contributed by atoms with van der Waals surface area (Å²) in [5.74, 6) is 0.0278. The molecule has 0 saturated carbocycles. The van der Waals surface area contributed by atoms with Gasteiger partial charge in [-0.3, -0.25) is 4.79 Å². The number of carbonyl (C=O) groups is 1. The van der Waals surface area contributed by atoms with Crippen molar-refractivity contribution in [1.82, 2.24) is 0 Å². The Morgan fingerprint density at radius 3 is 2.67 bits per heavy atom. The Labute approximate surface area is 126 Å². The van der Waals surface area contributed by atoms with Gasteiger partial charge in [-0.25, -0.2) is 0 Å². The molecule has 21 heavy (non-hydrogen) atoms. The minimum absolute atomic E-state index is 0.0278. The Hall–Kier alpha value is -2.13. The van der Waals surface area contributed by atoms with Gasteiger partial charge in [0, 0.05) is 18.2 Å². The van der Waals surface area contributed by atoms with Crippen LogP contribution in [0.2, 0.25) is 0 Å². The quantitative estimate of drug-likeness (QED) is 0.880. The van der Waals surface area contributed by atoms with Crippen molar-refractivity contribution in [1.29, 1.82) is 0 Å². The Morgan fingerprint density at radius 1 is 1.19 bits per heavy atom. The minimum atomic E-state index is -0.0335. The van der Waals surface area contributed by atoms with Crippen LogP contribution in [0.25, 0.3) is 0 Å². The van der Waals surface area contributed by atoms with Crippen molar-refractivity contribution in [2.24, 2.45) is 5.73 Å². The molecular weight excluding hydrogens is 260 g/mol. The average Bonchev–Trinajstić information content (AvgIpc) is 2.46. The summed E-state index contributed by atoms with van der Waals surface area (Å²) in [4.78, 5) is 12.0. The van der Waals surface area contributed by atoms with Gasteiger partial charge in [-0.05, 0) is 49.1 Å². The Bertz CT molecular complexity index is 620. The normalized spacial score (nSPS) is 12.0. The number of carbonyl (C=O) groups excluding carboxylic acids is 1. The number of anilines is 1. The highest BCUT2D eigenvalue weighted by Gasteiger charge is 2.06. The molecule has 0 bridgehead atoms. The number of nitrogens with one attached hydrogen (secondary N) is 1. The molecule has 0 aliphatic heterocycles. The van der Waals surface area contributed by atoms with Crippen LogP contribution in [-0.4, -0.2) is 5.91 Å². The summed E-state index contributed by atoms with van der Waals surface area (Å²) in [5.41, 5.74) is 10.1. The van der Waals surface area contributed by atoms with Gasteiger partial charge in [0.15, 0.2) is 0 Å². The van der Waals surface area contributed by atoms with E-state index in [0.29, 0.717) is 6.42 Å². The van der Waals surface area contributed by atoms with E-state index < -0.39 is 0 Å². The van der Waals surface area contributed by atoms with Crippen molar-refractivity contribution in [3.8, 4) is 0 Å². The van der Waals surface area contributed by atoms with E-state index in [1.807, 2.05) is 43.3 Å². The first kappa shape index (κ1) is 15.3. The molecule has 3 N–H and O–H groups in total. The van der Waals surface area contributed by atoms with Gasteiger partial charge < -0.3 is 11.1 Å². The van der Waals surface area contributed by atoms with Gasteiger partial charge in [-0.2, -0.15) is 0 Å². The number of benzene rings is 2. The van der Waals surface area contributed by atoms with Crippen LogP contribution >= 0.6 is 0 Å². The Kier molecular flexibility index (Phi) is 5.12. The second-order valence-electron chi connectivity index (χ2n) is 5.39. The molecule has 0 aliphatic carbocycles. The molecule has 3 heteroatoms. The summed E-state index contributed by atoms with van der Waals surface area (Å²) in [6.07, 6.45) is 1.23. The monoisotopic (exact) mass is 282 g/mol. The van der Waals surface area contributed by atoms with Crippen molar-refractivity contribution in [3.63, 3.8) is 0 Å². The summed E-state index contributed by atoms with van der Waals surface area (Å²) >= 11 is 0. The van der Waals surface area contributed by atoms with Crippen LogP contribution in [0.15, 0.2) is 48.5 Å². The van der Waals surface area contributed by atoms with Gasteiger partial charge in [0.2, 0.25) is 5.91 Å². The fraction of sp³-hybridized carbons (Fsp3) is 0.278. The molecule has 0 saturated heterocycles. The van der Waals surface area contributed by atoms with Crippen LogP contribution in [0.3, 0.4) is 0 Å². The van der Waals surface area contributed by atoms with Crippen molar-refractivity contribution < 1.29 is 4.79 Å². The molecule has 1 amide bonds. The molecule has 0 aliphatic rings. The highest BCUT2D eigenvalue weighted by molar-refractivity contribution is 5.90. The fourth-order valence-electron chi connectivity index (χ4n) is 2.26. The van der Waals surface area contributed by atoms with E-state index in [9.17, 15) is 4.79 Å². The molecule has 0 aromatic heterocycles. The molecule has 110 valence electrons. The summed E-state index contributed by atoms with van der Waals surface area (Å²) < 4.78 is 0. The van der Waals surface area contributed by atoms with Gasteiger partial charge in [0.1, 0.15) is 0 Å². The smallest absolute Gasteiger partial charge is 0.224 e. The highest BCUT2D eigenvalue weighted by atomic mass is 16.1. The first-order chi connectivity index (χ1) is 10.1. The summed E-state index contributed by atoms with van der Waals surface area (Å²) in [5, 5.41) is 2.93. The molecule has 1 unspecified atom stereocenters. The lowest BCUT2D eigenvalue weighted by Crippen LogP contribution is -2.13. The SMILES string of the molecule is Cc1ccccc1CCC(=O)Nc1cccc(C(C)N)c1. The number of aryl methyl sites for hydroxylation is 2. The van der Waals surface area contributed by atoms with E-state index in [0.717, 1.165) is 17.7 Å². The zero-order valence-electron chi connectivity index (χ0n) is 12.6. The molecule has 2 rings (SSSR count). The van der Waals surface area contributed by atoms with Crippen LogP contribution in [0, 0.1) is 6.92 Å². The first-order valence-electron chi connectivity index (χ1n) is 7.26. The predicted molar refractivity (Wildman–Crippen MR) is 87.2 cm³/mol. The van der Waals surface area contributed by atoms with E-state index in [4.69, 9.17) is 5.73 Å². The topological polar surface area (TPSA) is 55.1 Å². The van der Waals surface area contributed by atoms with Crippen molar-refractivity contribution >= 4 is 11.6 Å². The summed E-state index contributed by atoms with van der Waals surface area (Å²) in [6, 6.07) is 15.8. The lowest BCUT2D eigenvalue weighted by molar-refractivity contribution is -0.116. The van der Waals surface area contributed by atoms with Crippen molar-refractivity contribution in [3.05, 3.63) is 65.2 Å². The van der Waals surface area contributed by atoms with Gasteiger partial charge in [-0.15, -0.1) is 0 Å². The van der Waals surface area contributed by atoms with E-state index in [1.54, 1.807) is 0 Å². The summed E-state index contributed by atoms with van der Waals surface area (Å²) in [6.45, 7) is 4.00. The molecule has 2 aromatic carbocycles. The molecule has 0 radical (unpaired) electrons. The maximum absolute atomic E-state index is 12.0. The maximum atomic E-state index is 12.0. The number of amides is 1. The average molecular weight is 282 g/mol. The highest BCUT2D eigenvalue weighted by Crippen LogP contribution is 2.16. The zero-order chi connectivity index (χ0) is 15.2. The van der Waals surface area contributed by atoms with Crippen LogP contribution in [0.1, 0.15) is 36.1 Å². The summed E-state index contributed by atoms with van der Waals surface area (Å²) in [7, 11) is 0. The second kappa shape index (κ2) is 7.04. The standard InChI is InChI=1S/C18H22N2O/c1-13-6-3-4-7-15(13)10-11-18(21)20-17-9-5-8-16(12-17)14(2)19/h3-9,12,14H,10-11,19H2,1-2H3,(H,20,21). The predicted octanol–water partition coefficient (Wildman–Crippen LogP) is 3.59. The number of rotatable bonds is 5. The Balaban J connectivity index is 1.93. The van der Waals surface area contributed by atoms with E-state index in [1.165, 1.54) is 11.1 Å². The van der Waals surface area contributed by atoms with E-state index in [2.05, 4.69) is 24.4 Å². The third-order valence-electron chi connectivity index (χ3n) is 3.58. The first-order valence-corrected chi connectivity index (χ1v) is 7.26. The molecule has 3 nitrogen and oxygen atoms in total. The fourth-order valence-corrected chi connectivity index (χ4v) is 2.26. The molecule has 1 atom stereocenters. The molecule has 0 fully saturated rings. The van der Waals surface area contributed by atoms with E-state index >= 15 is 0 Å². The largest absolute Gasteiger partial charge is 0.326 e.